The van der Waals surface area contributed by atoms with Crippen molar-refractivity contribution < 1.29 is 169 Å². The fourth-order valence-electron chi connectivity index (χ4n) is 28.0. The molecule has 6 spiro atoms. The molecule has 12 heterocycles. The van der Waals surface area contributed by atoms with Gasteiger partial charge >= 0.3 is 74.7 Å². The standard InChI is InChI=1S/C34H32O11S2.2C27H28O12S/c1-17-24(35)40-22-16-31-21-15-20(30(2,3)4)32(31)23(42-28(46)38-18-11-7-5-8-12-18)25(36)43-27(32)44-34(31,26(37)41-21)33(17,22)45-29(47)39-19-13-9-6-10-14-19;1-10-18(30)35-17-16(37-22(40)34-11-8-6-5-7-9-11)25-15-12(28)13(23(2,3)4)24(25)14(29)19(31)38-21(24)39-27(25,20(32)36-15)26(10,17)33;1-10-18(30)35-16-14(29)25-15-12(28)13(23(2,3)4)24(25)17(37-22(40)34-11-8-6-5-7-9-11)19(31)38-21(24)39-27(25,20(32)36-15)26(10,16)33/h5-14,17,20-23,27H,15-16H2,1-4H3;2*5-10,12-17,21,28-29,33H,1-4H3/t17-,20+,21?,22?,23+,27?,31?,32?,33-,34-;10-,12-,13+,14+,15?,16+,17?,21?,24?,25?,26-,27-;10-,12-,13+,14+,15?,16?,17+,21?,24?,25?,26-,27-/m111/s1. The van der Waals surface area contributed by atoms with Gasteiger partial charge in [0.15, 0.2) is 35.6 Å². The van der Waals surface area contributed by atoms with Crippen LogP contribution in [0.4, 0.5) is 0 Å². The molecule has 18 aliphatic rings. The Morgan fingerprint density at radius 2 is 0.780 bits per heavy atom. The maximum Gasteiger partial charge on any atom is 0.358 e. The van der Waals surface area contributed by atoms with Gasteiger partial charge in [0.2, 0.25) is 53.5 Å². The van der Waals surface area contributed by atoms with E-state index in [0.717, 1.165) is 0 Å². The quantitative estimate of drug-likeness (QED) is 0.0808. The second-order valence-corrected chi connectivity index (χ2v) is 40.5. The third-order valence-corrected chi connectivity index (χ3v) is 32.1. The number of hydrogen-bond acceptors (Lipinski definition) is 39. The van der Waals surface area contributed by atoms with Crippen molar-refractivity contribution >= 4 is 124 Å². The maximum absolute atomic E-state index is 14.5. The van der Waals surface area contributed by atoms with Gasteiger partial charge in [-0.1, -0.05) is 135 Å². The zero-order chi connectivity index (χ0) is 90.7. The average Bonchev–Trinajstić information content (AvgIpc) is 1.42. The second-order valence-electron chi connectivity index (χ2n) is 39.2. The summed E-state index contributed by atoms with van der Waals surface area (Å²) >= 11 is 21.9. The van der Waals surface area contributed by atoms with E-state index < -0.39 is 274 Å². The lowest BCUT2D eigenvalue weighted by Crippen LogP contribution is -2.68. The van der Waals surface area contributed by atoms with Crippen LogP contribution in [0.1, 0.15) is 95.9 Å². The molecule has 674 valence electrons. The number of fused-ring (bicyclic) bond motifs is 3. The number of carbonyl (C=O) groups excluding carboxylic acids is 9. The zero-order valence-corrected chi connectivity index (χ0v) is 73.1. The molecule has 0 amide bonds. The molecule has 12 aliphatic heterocycles. The molecule has 4 aromatic rings. The highest BCUT2D eigenvalue weighted by molar-refractivity contribution is 7.80. The van der Waals surface area contributed by atoms with Crippen LogP contribution < -0.4 is 18.9 Å². The maximum atomic E-state index is 14.5. The third-order valence-electron chi connectivity index (χ3n) is 31.4. The van der Waals surface area contributed by atoms with Gasteiger partial charge in [0.25, 0.3) is 0 Å². The molecule has 12 saturated heterocycles. The summed E-state index contributed by atoms with van der Waals surface area (Å²) < 4.78 is 119. The van der Waals surface area contributed by atoms with E-state index in [1.807, 2.05) is 32.9 Å². The Morgan fingerprint density at radius 1 is 0.394 bits per heavy atom. The number of para-hydroxylation sites is 4. The van der Waals surface area contributed by atoms with Crippen LogP contribution in [0.15, 0.2) is 121 Å². The van der Waals surface area contributed by atoms with Crippen LogP contribution in [0.25, 0.3) is 0 Å². The molecule has 127 heavy (non-hydrogen) atoms. The number of carbonyl (C=O) groups is 9. The summed E-state index contributed by atoms with van der Waals surface area (Å²) in [5, 5.41) is 70.6. The van der Waals surface area contributed by atoms with E-state index >= 15 is 0 Å². The van der Waals surface area contributed by atoms with Crippen molar-refractivity contribution in [2.24, 2.45) is 84.2 Å². The molecule has 22 rings (SSSR count). The summed E-state index contributed by atoms with van der Waals surface area (Å²) in [5.41, 5.74) is -26.2. The molecule has 34 atom stereocenters. The molecule has 0 radical (unpaired) electrons. The van der Waals surface area contributed by atoms with Gasteiger partial charge in [-0.25, -0.2) is 28.8 Å². The first-order valence-corrected chi connectivity index (χ1v) is 43.2. The van der Waals surface area contributed by atoms with Crippen LogP contribution in [0.5, 0.6) is 23.0 Å². The van der Waals surface area contributed by atoms with E-state index in [4.69, 9.17) is 144 Å². The van der Waals surface area contributed by atoms with Gasteiger partial charge < -0.3 is 125 Å². The smallest absolute Gasteiger partial charge is 0.358 e. The Hall–Kier alpha value is -9.49. The molecule has 39 heteroatoms. The van der Waals surface area contributed by atoms with Crippen molar-refractivity contribution in [1.82, 2.24) is 0 Å². The summed E-state index contributed by atoms with van der Waals surface area (Å²) in [6, 6.07) is 34.4. The Bertz CT molecular complexity index is 5480. The molecule has 0 aromatic heterocycles. The molecule has 15 unspecified atom stereocenters. The minimum atomic E-state index is -2.45. The molecule has 6 N–H and O–H groups in total. The van der Waals surface area contributed by atoms with E-state index in [-0.39, 0.29) is 22.8 Å². The topological polar surface area (TPSA) is 460 Å². The van der Waals surface area contributed by atoms with Crippen LogP contribution in [0.3, 0.4) is 0 Å². The Balaban J connectivity index is 0.000000120. The average molecular weight is 1830 g/mol. The minimum absolute atomic E-state index is 0.0410. The van der Waals surface area contributed by atoms with Crippen LogP contribution in [0, 0.1) is 84.2 Å². The van der Waals surface area contributed by atoms with E-state index in [2.05, 4.69) is 0 Å². The van der Waals surface area contributed by atoms with Crippen LogP contribution in [-0.4, -0.2) is 237 Å². The van der Waals surface area contributed by atoms with E-state index in [1.54, 1.807) is 158 Å². The highest BCUT2D eigenvalue weighted by Gasteiger charge is 3.09. The van der Waals surface area contributed by atoms with Gasteiger partial charge in [0.1, 0.15) is 70.3 Å². The fraction of sp³-hybridized carbons (Fsp3) is 0.580. The van der Waals surface area contributed by atoms with E-state index in [9.17, 15) is 73.8 Å². The van der Waals surface area contributed by atoms with E-state index in [1.165, 1.54) is 13.8 Å². The van der Waals surface area contributed by atoms with E-state index in [0.29, 0.717) is 29.4 Å². The number of aliphatic hydroxyl groups is 6. The molecule has 35 nitrogen and oxygen atoms in total. The Labute approximate surface area is 744 Å². The molecular weight excluding hydrogens is 1750 g/mol. The molecule has 4 aromatic carbocycles. The highest BCUT2D eigenvalue weighted by atomic mass is 32.1. The predicted octanol–water partition coefficient (Wildman–Crippen LogP) is 4.42. The van der Waals surface area contributed by atoms with Crippen molar-refractivity contribution in [3.05, 3.63) is 121 Å². The van der Waals surface area contributed by atoms with Crippen LogP contribution in [0.2, 0.25) is 0 Å². The van der Waals surface area contributed by atoms with Crippen molar-refractivity contribution in [2.75, 3.05) is 0 Å². The van der Waals surface area contributed by atoms with Crippen molar-refractivity contribution in [3.8, 4) is 23.0 Å². The summed E-state index contributed by atoms with van der Waals surface area (Å²) in [5.74, 6) is -12.6. The third kappa shape index (κ3) is 9.52. The number of esters is 9. The molecule has 18 fully saturated rings. The Morgan fingerprint density at radius 3 is 1.26 bits per heavy atom. The minimum Gasteiger partial charge on any atom is -0.459 e. The fourth-order valence-corrected chi connectivity index (χ4v) is 28.8. The number of benzene rings is 4. The van der Waals surface area contributed by atoms with Crippen LogP contribution in [-0.2, 0) is 119 Å². The summed E-state index contributed by atoms with van der Waals surface area (Å²) in [7, 11) is 0. The van der Waals surface area contributed by atoms with Crippen LogP contribution >= 0.6 is 48.9 Å². The first-order valence-electron chi connectivity index (χ1n) is 41.6. The zero-order valence-electron chi connectivity index (χ0n) is 69.8. The lowest BCUT2D eigenvalue weighted by atomic mass is 9.51. The second kappa shape index (κ2) is 27.1. The number of rotatable bonds is 8. The largest absolute Gasteiger partial charge is 0.459 e. The van der Waals surface area contributed by atoms with Crippen molar-refractivity contribution in [2.45, 2.75) is 228 Å². The lowest BCUT2D eigenvalue weighted by molar-refractivity contribution is -0.240. The SMILES string of the molecule is C[C@@H]1C(=O)OC2CC34C5C[C@@H](C(C)(C)C)C36C(OC(=O)[C@@H]6OC(=S)Oc3ccccc3)O[C@@]4(C(=O)O5)[C@]21OC(=S)Oc1ccccc1.C[C@@H]1C(=O)OC2[C@H](O)C34C5OC(=O)[C@]3(OC3OC(=O)[C@H](OC(=S)Oc6ccccc6)C34[C@H](C(C)(C)C)[C@H]5O)[C@]21O.C[C@@H]1C(=O)OC2[C@H](OC(=S)Oc3ccccc3)C34C5OC(=O)[C@]3(OC3OC(=O)[C@H](O)C34[C@H](C(C)(C)C)[C@H]5O)[C@]21O. The molecule has 0 bridgehead atoms. The number of ether oxygens (including phenoxy) is 20. The molecular formula is C88H88O35S4. The number of hydrogen-bond donors (Lipinski definition) is 6. The first-order chi connectivity index (χ1) is 59.8. The molecule has 6 aliphatic carbocycles. The van der Waals surface area contributed by atoms with Crippen molar-refractivity contribution in [1.29, 1.82) is 0 Å². The molecule has 6 saturated carbocycles. The number of thiocarbonyl (C=S) groups is 4. The highest BCUT2D eigenvalue weighted by Crippen LogP contribution is 2.89. The number of aliphatic hydroxyl groups excluding tert-OH is 4. The monoisotopic (exact) mass is 1830 g/mol. The van der Waals surface area contributed by atoms with Gasteiger partial charge in [-0.05, 0) is 97.9 Å². The lowest BCUT2D eigenvalue weighted by Gasteiger charge is -2.48. The normalized spacial score (nSPS) is 46.1. The van der Waals surface area contributed by atoms with Gasteiger partial charge in [0, 0.05) is 67.1 Å². The Kier molecular flexibility index (Phi) is 18.3. The first kappa shape index (κ1) is 85.6. The van der Waals surface area contributed by atoms with Gasteiger partial charge in [0.05, 0.1) is 45.7 Å². The van der Waals surface area contributed by atoms with Gasteiger partial charge in [-0.2, -0.15) is 0 Å². The summed E-state index contributed by atoms with van der Waals surface area (Å²) in [4.78, 5) is 122. The summed E-state index contributed by atoms with van der Waals surface area (Å²) in [6.45, 7) is 21.2. The predicted molar refractivity (Wildman–Crippen MR) is 432 cm³/mol. The van der Waals surface area contributed by atoms with Gasteiger partial charge in [-0.15, -0.1) is 0 Å². The van der Waals surface area contributed by atoms with Crippen molar-refractivity contribution in [3.63, 3.8) is 0 Å². The summed E-state index contributed by atoms with van der Waals surface area (Å²) in [6.07, 6.45) is -23.3. The van der Waals surface area contributed by atoms with Gasteiger partial charge in [-0.3, -0.25) is 14.4 Å².